The Morgan fingerprint density at radius 2 is 1.58 bits per heavy atom. The molecular weight excluding hydrogens is 500 g/mol. The van der Waals surface area contributed by atoms with Crippen LogP contribution >= 0.6 is 0 Å². The van der Waals surface area contributed by atoms with Gasteiger partial charge in [-0.15, -0.1) is 0 Å². The van der Waals surface area contributed by atoms with Crippen molar-refractivity contribution in [1.82, 2.24) is 5.32 Å². The third kappa shape index (κ3) is 8.83. The number of carbonyl (C=O) groups excluding carboxylic acids is 2. The number of ether oxygens (including phenoxy) is 3. The Labute approximate surface area is 231 Å². The fourth-order valence-electron chi connectivity index (χ4n) is 3.08. The van der Waals surface area contributed by atoms with Crippen molar-refractivity contribution < 1.29 is 131 Å². The molecule has 0 radical (unpaired) electrons. The molecule has 0 aromatic carbocycles. The summed E-state index contributed by atoms with van der Waals surface area (Å²) >= 11 is 0. The Morgan fingerprint density at radius 3 is 2.06 bits per heavy atom. The Bertz CT molecular complexity index is 772. The van der Waals surface area contributed by atoms with E-state index < -0.39 is 90.2 Å². The van der Waals surface area contributed by atoms with Crippen LogP contribution in [0.3, 0.4) is 0 Å². The third-order valence-corrected chi connectivity index (χ3v) is 4.96. The van der Waals surface area contributed by atoms with Crippen LogP contribution in [0.2, 0.25) is 0 Å². The third-order valence-electron chi connectivity index (χ3n) is 4.53. The fraction of sp³-hybridized carbons (Fsp3) is 0.857. The van der Waals surface area contributed by atoms with Gasteiger partial charge < -0.3 is 59.5 Å². The molecule has 2 aliphatic rings. The maximum Gasteiger partial charge on any atom is 1.00 e. The van der Waals surface area contributed by atoms with Gasteiger partial charge in [-0.25, -0.2) is 8.42 Å². The van der Waals surface area contributed by atoms with Crippen molar-refractivity contribution in [1.29, 1.82) is 0 Å². The molecule has 0 spiro atoms. The maximum absolute atomic E-state index is 11.4. The van der Waals surface area contributed by atoms with Gasteiger partial charge in [-0.1, -0.05) is 0 Å². The minimum atomic E-state index is -5.21. The first-order valence-corrected chi connectivity index (χ1v) is 10.0. The largest absolute Gasteiger partial charge is 1.00 e. The van der Waals surface area contributed by atoms with Crippen molar-refractivity contribution in [3.8, 4) is 0 Å². The molecule has 0 unspecified atom stereocenters. The molecule has 2 fully saturated rings. The number of aliphatic hydroxyl groups is 5. The Morgan fingerprint density at radius 1 is 1.00 bits per heavy atom. The van der Waals surface area contributed by atoms with Crippen molar-refractivity contribution in [2.45, 2.75) is 68.3 Å². The van der Waals surface area contributed by atoms with Crippen molar-refractivity contribution in [2.75, 3.05) is 6.61 Å². The summed E-state index contributed by atoms with van der Waals surface area (Å²) in [5, 5.41) is 63.4. The number of carboxylic acids is 1. The molecule has 2 heterocycles. The number of hydrogen-bond acceptors (Lipinski definition) is 15. The van der Waals surface area contributed by atoms with E-state index in [9.17, 15) is 53.2 Å². The van der Waals surface area contributed by atoms with Crippen LogP contribution in [0, 0.1) is 0 Å². The number of rotatable bonds is 7. The summed E-state index contributed by atoms with van der Waals surface area (Å²) in [4.78, 5) is 22.5. The van der Waals surface area contributed by atoms with E-state index in [0.29, 0.717) is 0 Å². The molecule has 33 heavy (non-hydrogen) atoms. The van der Waals surface area contributed by atoms with E-state index in [1.165, 1.54) is 0 Å². The second kappa shape index (κ2) is 13.7. The van der Waals surface area contributed by atoms with Crippen LogP contribution in [0.15, 0.2) is 0 Å². The minimum absolute atomic E-state index is 0. The van der Waals surface area contributed by atoms with Gasteiger partial charge in [-0.2, -0.15) is 0 Å². The quantitative estimate of drug-likeness (QED) is 0.103. The summed E-state index contributed by atoms with van der Waals surface area (Å²) in [5.74, 6) is -2.72. The zero-order valence-corrected chi connectivity index (χ0v) is 22.5. The molecule has 10 atom stereocenters. The molecule has 180 valence electrons. The molecule has 16 nitrogen and oxygen atoms in total. The summed E-state index contributed by atoms with van der Waals surface area (Å²) in [6, 6.07) is -1.58. The number of hydrogen-bond donors (Lipinski definition) is 6. The molecule has 6 N–H and O–H groups in total. The van der Waals surface area contributed by atoms with Crippen molar-refractivity contribution in [3.05, 3.63) is 0 Å². The summed E-state index contributed by atoms with van der Waals surface area (Å²) < 4.78 is 51.0. The second-order valence-electron chi connectivity index (χ2n) is 6.79. The van der Waals surface area contributed by atoms with Gasteiger partial charge in [0, 0.05) is 6.92 Å². The number of aliphatic hydroxyl groups excluding tert-OH is 5. The first-order chi connectivity index (χ1) is 14.2. The van der Waals surface area contributed by atoms with Crippen LogP contribution in [-0.4, -0.2) is 118 Å². The van der Waals surface area contributed by atoms with Gasteiger partial charge in [0.2, 0.25) is 16.3 Å². The average Bonchev–Trinajstić information content (AvgIpc) is 2.64. The van der Waals surface area contributed by atoms with Crippen LogP contribution in [0.4, 0.5) is 0 Å². The first kappa shape index (κ1) is 33.5. The fourth-order valence-corrected chi connectivity index (χ4v) is 3.38. The maximum atomic E-state index is 11.4. The van der Waals surface area contributed by atoms with Gasteiger partial charge in [-0.05, 0) is 0 Å². The van der Waals surface area contributed by atoms with E-state index in [0.717, 1.165) is 6.92 Å². The van der Waals surface area contributed by atoms with Gasteiger partial charge in [0.25, 0.3) is 0 Å². The van der Waals surface area contributed by atoms with Gasteiger partial charge in [-0.3, -0.25) is 8.98 Å². The number of aliphatic carboxylic acids is 1. The van der Waals surface area contributed by atoms with Crippen LogP contribution in [0.1, 0.15) is 6.92 Å². The molecular formula is C14H21NNa2O15S. The van der Waals surface area contributed by atoms with Crippen molar-refractivity contribution in [2.24, 2.45) is 0 Å². The van der Waals surface area contributed by atoms with Gasteiger partial charge in [0.1, 0.15) is 48.8 Å². The molecule has 2 rings (SSSR count). The van der Waals surface area contributed by atoms with E-state index in [2.05, 4.69) is 9.50 Å². The molecule has 2 aliphatic heterocycles. The van der Waals surface area contributed by atoms with E-state index in [4.69, 9.17) is 14.2 Å². The summed E-state index contributed by atoms with van der Waals surface area (Å²) in [7, 11) is -5.21. The van der Waals surface area contributed by atoms with E-state index in [1.807, 2.05) is 0 Å². The molecule has 1 amide bonds. The molecule has 2 saturated heterocycles. The molecule has 19 heteroatoms. The number of carboxylic acid groups (broad SMARTS) is 1. The van der Waals surface area contributed by atoms with Crippen LogP contribution in [-0.2, 0) is 38.4 Å². The Kier molecular flexibility index (Phi) is 13.9. The monoisotopic (exact) mass is 521 g/mol. The van der Waals surface area contributed by atoms with Crippen molar-refractivity contribution >= 4 is 22.3 Å². The van der Waals surface area contributed by atoms with Crippen molar-refractivity contribution in [3.63, 3.8) is 0 Å². The number of nitrogens with one attached hydrogen (secondary N) is 1. The normalized spacial score (nSPS) is 39.0. The van der Waals surface area contributed by atoms with Crippen LogP contribution < -0.4 is 69.5 Å². The summed E-state index contributed by atoms with van der Waals surface area (Å²) in [5.41, 5.74) is 0. The van der Waals surface area contributed by atoms with Crippen LogP contribution in [0.5, 0.6) is 0 Å². The Balaban J connectivity index is 0.00000512. The smallest absolute Gasteiger partial charge is 0.726 e. The van der Waals surface area contributed by atoms with Gasteiger partial charge >= 0.3 is 59.1 Å². The van der Waals surface area contributed by atoms with Crippen LogP contribution in [0.25, 0.3) is 0 Å². The average molecular weight is 521 g/mol. The number of amides is 1. The SMILES string of the molecule is CC(=O)N[C@@H]1[C@@H](O[C@@H]2O[C@H](C(=O)[O-])[C@@H](O)[C@H](O)[C@H]2O)[C@@H](O)[C@@H](COS(=O)(=O)[O-])O[C@H]1O.[Na+].[Na+]. The summed E-state index contributed by atoms with van der Waals surface area (Å²) in [6.07, 6.45) is -17.8. The van der Waals surface area contributed by atoms with Gasteiger partial charge in [0.15, 0.2) is 12.6 Å². The molecule has 0 bridgehead atoms. The first-order valence-electron chi connectivity index (χ1n) is 8.68. The zero-order chi connectivity index (χ0) is 23.7. The molecule has 0 saturated carbocycles. The molecule has 0 aliphatic carbocycles. The molecule has 0 aromatic rings. The van der Waals surface area contributed by atoms with E-state index in [1.54, 1.807) is 0 Å². The standard InChI is InChI=1S/C14H23NO15S.2Na/c1-3(16)15-5-10(6(17)4(28-13(5)23)2-27-31(24,25)26)29-14-9(20)7(18)8(19)11(30-14)12(21)22;;/h4-11,13-14,17-20,23H,2H2,1H3,(H,15,16)(H,21,22)(H,24,25,26);;/q;2*+1/p-2/t4-,5-,6+,7+,8+,9-,10-,11+,13-,14-;;/m1../s1. The minimum Gasteiger partial charge on any atom is -0.726 e. The van der Waals surface area contributed by atoms with E-state index >= 15 is 0 Å². The molecule has 0 aromatic heterocycles. The predicted octanol–water partition coefficient (Wildman–Crippen LogP) is -13.0. The van der Waals surface area contributed by atoms with Gasteiger partial charge in [0.05, 0.1) is 12.6 Å². The topological polar surface area (TPSA) is 264 Å². The second-order valence-corrected chi connectivity index (χ2v) is 7.84. The van der Waals surface area contributed by atoms with E-state index in [-0.39, 0.29) is 59.1 Å². The number of carbonyl (C=O) groups is 2. The Hall–Kier alpha value is 0.490. The summed E-state index contributed by atoms with van der Waals surface area (Å²) in [6.45, 7) is -0.0542. The predicted molar refractivity (Wildman–Crippen MR) is 86.7 cm³/mol. The zero-order valence-electron chi connectivity index (χ0n) is 17.7.